The van der Waals surface area contributed by atoms with Gasteiger partial charge in [0.15, 0.2) is 0 Å². The number of nitrogens with one attached hydrogen (secondary N) is 2. The van der Waals surface area contributed by atoms with E-state index in [2.05, 4.69) is 20.6 Å². The molecule has 0 unspecified atom stereocenters. The Labute approximate surface area is 110 Å². The molecule has 104 valence electrons. The first-order chi connectivity index (χ1) is 9.06. The number of anilines is 1. The molecule has 19 heavy (non-hydrogen) atoms. The molecule has 0 saturated carbocycles. The molecule has 8 heteroatoms. The van der Waals surface area contributed by atoms with Crippen LogP contribution >= 0.6 is 0 Å². The number of rotatable bonds is 4. The number of nitrogens with zero attached hydrogens (tertiary/aromatic N) is 3. The van der Waals surface area contributed by atoms with Crippen LogP contribution in [0, 0.1) is 10.1 Å². The molecule has 2 N–H and O–H groups in total. The van der Waals surface area contributed by atoms with Crippen LogP contribution in [-0.4, -0.2) is 40.6 Å². The topological polar surface area (TPSA) is 102 Å². The molecule has 2 heterocycles. The number of nitro groups is 1. The molecule has 1 aliphatic rings. The van der Waals surface area contributed by atoms with Crippen molar-refractivity contribution < 1.29 is 9.66 Å². The molecular formula is C11H17N5O3. The van der Waals surface area contributed by atoms with Crippen molar-refractivity contribution in [2.75, 3.05) is 25.5 Å². The Morgan fingerprint density at radius 3 is 2.74 bits per heavy atom. The second kappa shape index (κ2) is 5.35. The summed E-state index contributed by atoms with van der Waals surface area (Å²) in [6.07, 6.45) is 3.01. The predicted molar refractivity (Wildman–Crippen MR) is 69.4 cm³/mol. The van der Waals surface area contributed by atoms with Crippen molar-refractivity contribution in [3.8, 4) is 5.88 Å². The average Bonchev–Trinajstić information content (AvgIpc) is 2.38. The number of hydrogen-bond acceptors (Lipinski definition) is 7. The van der Waals surface area contributed by atoms with Gasteiger partial charge in [-0.15, -0.1) is 0 Å². The summed E-state index contributed by atoms with van der Waals surface area (Å²) in [5.74, 6) is 0.182. The molecule has 1 fully saturated rings. The molecule has 8 nitrogen and oxygen atoms in total. The maximum atomic E-state index is 11.1. The molecule has 0 bridgehead atoms. The highest BCUT2D eigenvalue weighted by molar-refractivity contribution is 5.62. The van der Waals surface area contributed by atoms with Gasteiger partial charge in [-0.05, 0) is 32.9 Å². The Hall–Kier alpha value is -1.96. The SMILES string of the molecule is COc1ncnc(NC2(C)CCNCC2)c1[N+](=O)[O-]. The quantitative estimate of drug-likeness (QED) is 0.618. The van der Waals surface area contributed by atoms with Crippen molar-refractivity contribution in [1.29, 1.82) is 0 Å². The van der Waals surface area contributed by atoms with E-state index in [1.807, 2.05) is 6.92 Å². The van der Waals surface area contributed by atoms with Gasteiger partial charge in [-0.2, -0.15) is 4.98 Å². The number of ether oxygens (including phenoxy) is 1. The average molecular weight is 267 g/mol. The molecule has 0 aliphatic carbocycles. The minimum Gasteiger partial charge on any atom is -0.476 e. The number of methoxy groups -OCH3 is 1. The van der Waals surface area contributed by atoms with Gasteiger partial charge in [0.25, 0.3) is 5.88 Å². The van der Waals surface area contributed by atoms with Gasteiger partial charge in [0.05, 0.1) is 12.0 Å². The van der Waals surface area contributed by atoms with Gasteiger partial charge in [-0.25, -0.2) is 4.98 Å². The number of aromatic nitrogens is 2. The first kappa shape index (κ1) is 13.5. The molecule has 1 aromatic rings. The van der Waals surface area contributed by atoms with E-state index in [0.717, 1.165) is 25.9 Å². The molecular weight excluding hydrogens is 250 g/mol. The third-order valence-corrected chi connectivity index (χ3v) is 3.29. The van der Waals surface area contributed by atoms with Gasteiger partial charge in [-0.3, -0.25) is 10.1 Å². The van der Waals surface area contributed by atoms with Gasteiger partial charge in [0, 0.05) is 5.54 Å². The standard InChI is InChI=1S/C11H17N5O3/c1-11(3-5-12-6-4-11)15-9-8(16(17)18)10(19-2)14-7-13-9/h7,12H,3-6H2,1-2H3,(H,13,14,15). The molecule has 1 aromatic heterocycles. The third kappa shape index (κ3) is 2.90. The van der Waals surface area contributed by atoms with Crippen LogP contribution in [0.25, 0.3) is 0 Å². The lowest BCUT2D eigenvalue weighted by molar-refractivity contribution is -0.385. The summed E-state index contributed by atoms with van der Waals surface area (Å²) in [5.41, 5.74) is -0.431. The van der Waals surface area contributed by atoms with E-state index in [0.29, 0.717) is 0 Å². The lowest BCUT2D eigenvalue weighted by atomic mass is 9.90. The monoisotopic (exact) mass is 267 g/mol. The van der Waals surface area contributed by atoms with Crippen LogP contribution in [0.1, 0.15) is 19.8 Å². The highest BCUT2D eigenvalue weighted by atomic mass is 16.6. The zero-order valence-electron chi connectivity index (χ0n) is 11.0. The highest BCUT2D eigenvalue weighted by Crippen LogP contribution is 2.33. The van der Waals surface area contributed by atoms with Crippen LogP contribution in [0.5, 0.6) is 5.88 Å². The summed E-state index contributed by atoms with van der Waals surface area (Å²) in [6.45, 7) is 3.78. The number of piperidine rings is 1. The van der Waals surface area contributed by atoms with Crippen molar-refractivity contribution in [2.24, 2.45) is 0 Å². The minimum atomic E-state index is -0.522. The van der Waals surface area contributed by atoms with Crippen LogP contribution in [0.4, 0.5) is 11.5 Å². The number of hydrogen-bond donors (Lipinski definition) is 2. The molecule has 1 saturated heterocycles. The van der Waals surface area contributed by atoms with E-state index >= 15 is 0 Å². The normalized spacial score (nSPS) is 17.8. The van der Waals surface area contributed by atoms with E-state index in [9.17, 15) is 10.1 Å². The molecule has 0 amide bonds. The van der Waals surface area contributed by atoms with Crippen molar-refractivity contribution >= 4 is 11.5 Å². The molecule has 1 aliphatic heterocycles. The van der Waals surface area contributed by atoms with Crippen LogP contribution in [0.2, 0.25) is 0 Å². The van der Waals surface area contributed by atoms with Crippen LogP contribution in [-0.2, 0) is 0 Å². The van der Waals surface area contributed by atoms with Crippen molar-refractivity contribution in [2.45, 2.75) is 25.3 Å². The van der Waals surface area contributed by atoms with E-state index in [1.54, 1.807) is 0 Å². The second-order valence-corrected chi connectivity index (χ2v) is 4.77. The van der Waals surface area contributed by atoms with Gasteiger partial charge >= 0.3 is 5.69 Å². The van der Waals surface area contributed by atoms with Crippen molar-refractivity contribution in [3.63, 3.8) is 0 Å². The highest BCUT2D eigenvalue weighted by Gasteiger charge is 2.32. The molecule has 0 spiro atoms. The van der Waals surface area contributed by atoms with Gasteiger partial charge in [0.2, 0.25) is 5.82 Å². The minimum absolute atomic E-state index is 0.0277. The Bertz CT molecular complexity index is 473. The van der Waals surface area contributed by atoms with E-state index in [4.69, 9.17) is 4.74 Å². The maximum absolute atomic E-state index is 11.1. The summed E-state index contributed by atoms with van der Waals surface area (Å²) in [7, 11) is 1.35. The predicted octanol–water partition coefficient (Wildman–Crippen LogP) is 0.947. The van der Waals surface area contributed by atoms with Crippen molar-refractivity contribution in [3.05, 3.63) is 16.4 Å². The lowest BCUT2D eigenvalue weighted by Gasteiger charge is -2.35. The summed E-state index contributed by atoms with van der Waals surface area (Å²) >= 11 is 0. The summed E-state index contributed by atoms with van der Waals surface area (Å²) < 4.78 is 4.92. The van der Waals surface area contributed by atoms with E-state index < -0.39 is 4.92 Å². The molecule has 0 aromatic carbocycles. The smallest absolute Gasteiger partial charge is 0.372 e. The van der Waals surface area contributed by atoms with Gasteiger partial charge < -0.3 is 15.4 Å². The Kier molecular flexibility index (Phi) is 3.79. The Morgan fingerprint density at radius 1 is 1.47 bits per heavy atom. The fourth-order valence-electron chi connectivity index (χ4n) is 2.16. The van der Waals surface area contributed by atoms with Crippen LogP contribution in [0.3, 0.4) is 0 Å². The summed E-state index contributed by atoms with van der Waals surface area (Å²) in [4.78, 5) is 18.4. The van der Waals surface area contributed by atoms with Crippen LogP contribution < -0.4 is 15.4 Å². The Balaban J connectivity index is 2.31. The van der Waals surface area contributed by atoms with Gasteiger partial charge in [0.1, 0.15) is 6.33 Å². The van der Waals surface area contributed by atoms with Crippen molar-refractivity contribution in [1.82, 2.24) is 15.3 Å². The molecule has 2 rings (SSSR count). The second-order valence-electron chi connectivity index (χ2n) is 4.77. The maximum Gasteiger partial charge on any atom is 0.372 e. The largest absolute Gasteiger partial charge is 0.476 e. The van der Waals surface area contributed by atoms with E-state index in [1.165, 1.54) is 13.4 Å². The summed E-state index contributed by atoms with van der Waals surface area (Å²) in [5, 5.41) is 17.6. The summed E-state index contributed by atoms with van der Waals surface area (Å²) in [6, 6.07) is 0. The Morgan fingerprint density at radius 2 is 2.16 bits per heavy atom. The first-order valence-electron chi connectivity index (χ1n) is 6.08. The first-order valence-corrected chi connectivity index (χ1v) is 6.08. The zero-order valence-corrected chi connectivity index (χ0v) is 11.0. The van der Waals surface area contributed by atoms with Crippen LogP contribution in [0.15, 0.2) is 6.33 Å². The lowest BCUT2D eigenvalue weighted by Crippen LogP contribution is -2.45. The van der Waals surface area contributed by atoms with E-state index in [-0.39, 0.29) is 22.9 Å². The zero-order chi connectivity index (χ0) is 13.9. The fourth-order valence-corrected chi connectivity index (χ4v) is 2.16. The fraction of sp³-hybridized carbons (Fsp3) is 0.636. The third-order valence-electron chi connectivity index (χ3n) is 3.29. The molecule has 0 radical (unpaired) electrons. The van der Waals surface area contributed by atoms with Gasteiger partial charge in [-0.1, -0.05) is 0 Å². The molecule has 0 atom stereocenters.